The standard InChI is InChI=1S/C14H17N3O2/c1-16-6-3-7-17(13(10-18)14(16)19)12-5-2-4-11(8-12)9-15/h2,4-5,8,13,18H,3,6-7,10H2,1H3. The predicted octanol–water partition coefficient (Wildman–Crippen LogP) is 0.588. The molecule has 0 aromatic heterocycles. The Bertz CT molecular complexity index is 510. The molecule has 1 heterocycles. The van der Waals surface area contributed by atoms with Crippen LogP contribution in [0, 0.1) is 11.3 Å². The van der Waals surface area contributed by atoms with Gasteiger partial charge in [-0.3, -0.25) is 4.79 Å². The maximum absolute atomic E-state index is 12.2. The molecule has 1 amide bonds. The predicted molar refractivity (Wildman–Crippen MR) is 71.6 cm³/mol. The SMILES string of the molecule is CN1CCCN(c2cccc(C#N)c2)C(CO)C1=O. The molecule has 1 aliphatic rings. The largest absolute Gasteiger partial charge is 0.394 e. The summed E-state index contributed by atoms with van der Waals surface area (Å²) in [5, 5.41) is 18.4. The average molecular weight is 259 g/mol. The van der Waals surface area contributed by atoms with E-state index in [2.05, 4.69) is 6.07 Å². The summed E-state index contributed by atoms with van der Waals surface area (Å²) in [4.78, 5) is 15.7. The minimum atomic E-state index is -0.568. The van der Waals surface area contributed by atoms with Gasteiger partial charge >= 0.3 is 0 Å². The third-order valence-electron chi connectivity index (χ3n) is 3.41. The first-order valence-electron chi connectivity index (χ1n) is 6.30. The molecule has 1 N–H and O–H groups in total. The number of nitriles is 1. The van der Waals surface area contributed by atoms with Crippen LogP contribution in [0.25, 0.3) is 0 Å². The Hall–Kier alpha value is -2.06. The zero-order chi connectivity index (χ0) is 13.8. The summed E-state index contributed by atoms with van der Waals surface area (Å²) in [6.07, 6.45) is 0.843. The Balaban J connectivity index is 2.35. The van der Waals surface area contributed by atoms with Crippen molar-refractivity contribution in [3.8, 4) is 6.07 Å². The minimum Gasteiger partial charge on any atom is -0.394 e. The quantitative estimate of drug-likeness (QED) is 0.844. The fourth-order valence-electron chi connectivity index (χ4n) is 2.37. The number of nitrogens with zero attached hydrogens (tertiary/aromatic N) is 3. The average Bonchev–Trinajstić information content (AvgIpc) is 2.59. The smallest absolute Gasteiger partial charge is 0.247 e. The number of anilines is 1. The van der Waals surface area contributed by atoms with Crippen LogP contribution in [0.5, 0.6) is 0 Å². The van der Waals surface area contributed by atoms with Crippen LogP contribution in [0.15, 0.2) is 24.3 Å². The molecule has 5 nitrogen and oxygen atoms in total. The number of benzene rings is 1. The molecule has 19 heavy (non-hydrogen) atoms. The van der Waals surface area contributed by atoms with Crippen molar-refractivity contribution >= 4 is 11.6 Å². The Kier molecular flexibility index (Phi) is 4.03. The molecule has 0 bridgehead atoms. The van der Waals surface area contributed by atoms with Crippen LogP contribution in [0.3, 0.4) is 0 Å². The zero-order valence-corrected chi connectivity index (χ0v) is 10.9. The van der Waals surface area contributed by atoms with Gasteiger partial charge in [0, 0.05) is 25.8 Å². The van der Waals surface area contributed by atoms with Gasteiger partial charge in [-0.2, -0.15) is 5.26 Å². The van der Waals surface area contributed by atoms with E-state index in [0.717, 1.165) is 12.1 Å². The zero-order valence-electron chi connectivity index (χ0n) is 10.9. The molecule has 0 aliphatic carbocycles. The fourth-order valence-corrected chi connectivity index (χ4v) is 2.37. The number of carbonyl (C=O) groups excluding carboxylic acids is 1. The molecule has 1 aromatic carbocycles. The highest BCUT2D eigenvalue weighted by Gasteiger charge is 2.30. The highest BCUT2D eigenvalue weighted by molar-refractivity contribution is 5.85. The van der Waals surface area contributed by atoms with Gasteiger partial charge in [0.15, 0.2) is 0 Å². The van der Waals surface area contributed by atoms with E-state index in [1.165, 1.54) is 0 Å². The molecule has 0 spiro atoms. The molecule has 0 saturated carbocycles. The lowest BCUT2D eigenvalue weighted by Gasteiger charge is -2.30. The van der Waals surface area contributed by atoms with Crippen LogP contribution < -0.4 is 4.90 Å². The van der Waals surface area contributed by atoms with Crippen LogP contribution in [0.1, 0.15) is 12.0 Å². The van der Waals surface area contributed by atoms with Gasteiger partial charge in [-0.05, 0) is 24.6 Å². The second-order valence-electron chi connectivity index (χ2n) is 4.67. The molecule has 1 atom stereocenters. The summed E-state index contributed by atoms with van der Waals surface area (Å²) in [6, 6.07) is 8.66. The van der Waals surface area contributed by atoms with Crippen molar-refractivity contribution in [2.24, 2.45) is 0 Å². The first kappa shape index (κ1) is 13.4. The van der Waals surface area contributed by atoms with Crippen molar-refractivity contribution in [2.75, 3.05) is 31.6 Å². The number of aliphatic hydroxyl groups excluding tert-OH is 1. The molecule has 0 radical (unpaired) electrons. The van der Waals surface area contributed by atoms with Crippen molar-refractivity contribution in [3.63, 3.8) is 0 Å². The van der Waals surface area contributed by atoms with Gasteiger partial charge < -0.3 is 14.9 Å². The fraction of sp³-hybridized carbons (Fsp3) is 0.429. The Morgan fingerprint density at radius 2 is 2.26 bits per heavy atom. The molecule has 1 fully saturated rings. The number of hydrogen-bond acceptors (Lipinski definition) is 4. The normalized spacial score (nSPS) is 20.1. The molecule has 1 unspecified atom stereocenters. The maximum atomic E-state index is 12.2. The van der Waals surface area contributed by atoms with Gasteiger partial charge in [0.05, 0.1) is 18.2 Å². The van der Waals surface area contributed by atoms with E-state index >= 15 is 0 Å². The lowest BCUT2D eigenvalue weighted by molar-refractivity contribution is -0.131. The molecule has 1 aliphatic heterocycles. The topological polar surface area (TPSA) is 67.6 Å². The second-order valence-corrected chi connectivity index (χ2v) is 4.67. The van der Waals surface area contributed by atoms with Gasteiger partial charge in [0.2, 0.25) is 5.91 Å². The van der Waals surface area contributed by atoms with E-state index in [4.69, 9.17) is 5.26 Å². The number of aliphatic hydroxyl groups is 1. The summed E-state index contributed by atoms with van der Waals surface area (Å²) in [5.41, 5.74) is 1.36. The molecular formula is C14H17N3O2. The van der Waals surface area contributed by atoms with Gasteiger partial charge in [-0.15, -0.1) is 0 Å². The lowest BCUT2D eigenvalue weighted by Crippen LogP contribution is -2.47. The molecule has 1 saturated heterocycles. The number of carbonyl (C=O) groups is 1. The third kappa shape index (κ3) is 2.69. The number of likely N-dealkylation sites (N-methyl/N-ethyl adjacent to an activating group) is 1. The van der Waals surface area contributed by atoms with Crippen LogP contribution in [0.4, 0.5) is 5.69 Å². The Labute approximate surface area is 112 Å². The van der Waals surface area contributed by atoms with Gasteiger partial charge in [-0.1, -0.05) is 6.07 Å². The first-order chi connectivity index (χ1) is 9.17. The Morgan fingerprint density at radius 1 is 1.47 bits per heavy atom. The third-order valence-corrected chi connectivity index (χ3v) is 3.41. The summed E-state index contributed by atoms with van der Waals surface area (Å²) in [5.74, 6) is -0.0811. The van der Waals surface area contributed by atoms with E-state index < -0.39 is 6.04 Å². The molecular weight excluding hydrogens is 242 g/mol. The summed E-state index contributed by atoms with van der Waals surface area (Å²) in [7, 11) is 1.75. The van der Waals surface area contributed by atoms with E-state index in [1.807, 2.05) is 11.0 Å². The van der Waals surface area contributed by atoms with Crippen LogP contribution in [0.2, 0.25) is 0 Å². The van der Waals surface area contributed by atoms with Crippen LogP contribution in [-0.4, -0.2) is 48.7 Å². The summed E-state index contributed by atoms with van der Waals surface area (Å²) >= 11 is 0. The van der Waals surface area contributed by atoms with Crippen molar-refractivity contribution in [2.45, 2.75) is 12.5 Å². The summed E-state index contributed by atoms with van der Waals surface area (Å²) in [6.45, 7) is 1.15. The van der Waals surface area contributed by atoms with Crippen molar-refractivity contribution in [1.82, 2.24) is 4.90 Å². The monoisotopic (exact) mass is 259 g/mol. The molecule has 2 rings (SSSR count). The van der Waals surface area contributed by atoms with E-state index in [1.54, 1.807) is 30.1 Å². The number of hydrogen-bond donors (Lipinski definition) is 1. The van der Waals surface area contributed by atoms with Crippen LogP contribution >= 0.6 is 0 Å². The van der Waals surface area contributed by atoms with Crippen LogP contribution in [-0.2, 0) is 4.79 Å². The molecule has 1 aromatic rings. The maximum Gasteiger partial charge on any atom is 0.247 e. The number of amides is 1. The Morgan fingerprint density at radius 3 is 2.95 bits per heavy atom. The van der Waals surface area contributed by atoms with E-state index in [-0.39, 0.29) is 12.5 Å². The highest BCUT2D eigenvalue weighted by atomic mass is 16.3. The van der Waals surface area contributed by atoms with Gasteiger partial charge in [0.25, 0.3) is 0 Å². The first-order valence-corrected chi connectivity index (χ1v) is 6.30. The lowest BCUT2D eigenvalue weighted by atomic mass is 10.1. The van der Waals surface area contributed by atoms with E-state index in [9.17, 15) is 9.90 Å². The molecule has 100 valence electrons. The second kappa shape index (κ2) is 5.72. The van der Waals surface area contributed by atoms with Gasteiger partial charge in [-0.25, -0.2) is 0 Å². The van der Waals surface area contributed by atoms with Crippen molar-refractivity contribution in [1.29, 1.82) is 5.26 Å². The molecule has 5 heteroatoms. The highest BCUT2D eigenvalue weighted by Crippen LogP contribution is 2.21. The minimum absolute atomic E-state index is 0.0811. The van der Waals surface area contributed by atoms with Crippen molar-refractivity contribution in [3.05, 3.63) is 29.8 Å². The summed E-state index contributed by atoms with van der Waals surface area (Å²) < 4.78 is 0. The number of rotatable bonds is 2. The van der Waals surface area contributed by atoms with E-state index in [0.29, 0.717) is 18.7 Å². The van der Waals surface area contributed by atoms with Gasteiger partial charge in [0.1, 0.15) is 6.04 Å². The van der Waals surface area contributed by atoms with Crippen molar-refractivity contribution < 1.29 is 9.90 Å².